The van der Waals surface area contributed by atoms with Gasteiger partial charge in [0.1, 0.15) is 7.85 Å². The maximum atomic E-state index is 5.35. The third-order valence-corrected chi connectivity index (χ3v) is 0.387. The highest BCUT2D eigenvalue weighted by Crippen LogP contribution is 2.00. The van der Waals surface area contributed by atoms with Crippen LogP contribution in [0.15, 0.2) is 12.8 Å². The zero-order chi connectivity index (χ0) is 5.91. The minimum absolute atomic E-state index is 0.568. The third kappa shape index (κ3) is 5.60. The Labute approximate surface area is 45.8 Å². The van der Waals surface area contributed by atoms with E-state index in [1.807, 2.05) is 0 Å². The maximum Gasteiger partial charge on any atom is 0.130 e. The van der Waals surface area contributed by atoms with Gasteiger partial charge in [0.05, 0.1) is 11.8 Å². The first-order valence-electron chi connectivity index (χ1n) is 2.14. The van der Waals surface area contributed by atoms with Crippen LogP contribution in [-0.4, -0.2) is 13.3 Å². The van der Waals surface area contributed by atoms with Gasteiger partial charge in [-0.3, -0.25) is 0 Å². The molecular formula is C5H9BO. The van der Waals surface area contributed by atoms with Crippen molar-refractivity contribution in [3.8, 4) is 0 Å². The highest BCUT2D eigenvalue weighted by Gasteiger charge is 2.05. The summed E-state index contributed by atoms with van der Waals surface area (Å²) >= 11 is 0. The second-order valence-electron chi connectivity index (χ2n) is 1.89. The summed E-state index contributed by atoms with van der Waals surface area (Å²) in [4.78, 5) is 0. The Bertz CT molecular complexity index is 63.0. The van der Waals surface area contributed by atoms with E-state index < -0.39 is 5.50 Å². The van der Waals surface area contributed by atoms with E-state index in [0.717, 1.165) is 0 Å². The Morgan fingerprint density at radius 1 is 1.71 bits per heavy atom. The molecule has 0 aromatic heterocycles. The molecule has 0 aromatic rings. The molecule has 0 bridgehead atoms. The van der Waals surface area contributed by atoms with Crippen molar-refractivity contribution >= 4 is 7.85 Å². The lowest BCUT2D eigenvalue weighted by Crippen LogP contribution is -2.20. The lowest BCUT2D eigenvalue weighted by Gasteiger charge is -2.17. The van der Waals surface area contributed by atoms with Gasteiger partial charge in [0, 0.05) is 0 Å². The molecule has 2 heteroatoms. The van der Waals surface area contributed by atoms with Crippen molar-refractivity contribution in [1.82, 2.24) is 0 Å². The van der Waals surface area contributed by atoms with Crippen molar-refractivity contribution in [3.05, 3.63) is 12.8 Å². The summed E-state index contributed by atoms with van der Waals surface area (Å²) in [5.41, 5.74) is -0.568. The van der Waals surface area contributed by atoms with Crippen molar-refractivity contribution in [2.45, 2.75) is 19.3 Å². The number of hydrogen-bond donors (Lipinski definition) is 0. The monoisotopic (exact) mass is 96.1 g/mol. The zero-order valence-corrected chi connectivity index (χ0v) is 4.77. The van der Waals surface area contributed by atoms with Crippen molar-refractivity contribution < 1.29 is 4.74 Å². The maximum absolute atomic E-state index is 5.35. The van der Waals surface area contributed by atoms with E-state index in [9.17, 15) is 0 Å². The molecule has 7 heavy (non-hydrogen) atoms. The summed E-state index contributed by atoms with van der Waals surface area (Å²) in [6.07, 6.45) is 1.33. The lowest BCUT2D eigenvalue weighted by atomic mass is 9.86. The predicted octanol–water partition coefficient (Wildman–Crippen LogP) is 1.05. The summed E-state index contributed by atoms with van der Waals surface area (Å²) in [7, 11) is 5.35. The topological polar surface area (TPSA) is 9.23 Å². The van der Waals surface area contributed by atoms with E-state index in [1.54, 1.807) is 13.8 Å². The summed E-state index contributed by atoms with van der Waals surface area (Å²) < 4.78 is 4.77. The number of hydrogen-bond acceptors (Lipinski definition) is 1. The van der Waals surface area contributed by atoms with Crippen LogP contribution in [0.1, 0.15) is 13.8 Å². The van der Waals surface area contributed by atoms with Gasteiger partial charge in [0.25, 0.3) is 0 Å². The van der Waals surface area contributed by atoms with Gasteiger partial charge in [-0.05, 0) is 13.8 Å². The Balaban J connectivity index is 3.34. The fraction of sp³-hybridized carbons (Fsp3) is 0.600. The first-order chi connectivity index (χ1) is 3.06. The van der Waals surface area contributed by atoms with Crippen LogP contribution < -0.4 is 0 Å². The molecule has 0 unspecified atom stereocenters. The highest BCUT2D eigenvalue weighted by molar-refractivity contribution is 6.13. The fourth-order valence-electron chi connectivity index (χ4n) is 0.215. The molecule has 0 N–H and O–H groups in total. The molecule has 1 nitrogen and oxygen atoms in total. The smallest absolute Gasteiger partial charge is 0.130 e. The predicted molar refractivity (Wildman–Crippen MR) is 31.1 cm³/mol. The van der Waals surface area contributed by atoms with Crippen LogP contribution in [0.3, 0.4) is 0 Å². The standard InChI is InChI=1S/C5H9BO/c1-4-7-5(2,3)6/h4H,1H2,2-3H3. The van der Waals surface area contributed by atoms with Gasteiger partial charge in [-0.1, -0.05) is 6.58 Å². The summed E-state index contributed by atoms with van der Waals surface area (Å²) in [5, 5.41) is 0. The molecule has 0 aliphatic heterocycles. The molecule has 0 aliphatic carbocycles. The van der Waals surface area contributed by atoms with Gasteiger partial charge in [0.15, 0.2) is 0 Å². The largest absolute Gasteiger partial charge is 0.506 e. The Morgan fingerprint density at radius 3 is 2.14 bits per heavy atom. The van der Waals surface area contributed by atoms with Gasteiger partial charge in [0.2, 0.25) is 0 Å². The average Bonchev–Trinajstić information content (AvgIpc) is 1.30. The lowest BCUT2D eigenvalue weighted by molar-refractivity contribution is 0.139. The van der Waals surface area contributed by atoms with Crippen LogP contribution in [0.2, 0.25) is 0 Å². The van der Waals surface area contributed by atoms with Gasteiger partial charge < -0.3 is 4.74 Å². The van der Waals surface area contributed by atoms with E-state index in [2.05, 4.69) is 6.58 Å². The molecule has 0 rings (SSSR count). The molecule has 0 aliphatic rings. The molecule has 0 heterocycles. The second-order valence-corrected chi connectivity index (χ2v) is 1.89. The van der Waals surface area contributed by atoms with Crippen LogP contribution in [0, 0.1) is 0 Å². The van der Waals surface area contributed by atoms with E-state index in [1.165, 1.54) is 6.26 Å². The molecule has 0 saturated carbocycles. The van der Waals surface area contributed by atoms with E-state index in [-0.39, 0.29) is 0 Å². The fourth-order valence-corrected chi connectivity index (χ4v) is 0.215. The molecule has 0 amide bonds. The zero-order valence-electron chi connectivity index (χ0n) is 4.77. The van der Waals surface area contributed by atoms with Crippen LogP contribution in [0.25, 0.3) is 0 Å². The second kappa shape index (κ2) is 2.06. The van der Waals surface area contributed by atoms with E-state index in [4.69, 9.17) is 12.6 Å². The van der Waals surface area contributed by atoms with E-state index >= 15 is 0 Å². The molecule has 0 saturated heterocycles. The molecule has 0 aromatic carbocycles. The molecule has 2 radical (unpaired) electrons. The summed E-state index contributed by atoms with van der Waals surface area (Å²) in [6.45, 7) is 6.86. The first-order valence-corrected chi connectivity index (χ1v) is 2.14. The molecule has 0 atom stereocenters. The molecule has 0 fully saturated rings. The van der Waals surface area contributed by atoms with Crippen LogP contribution in [0.4, 0.5) is 0 Å². The Hall–Kier alpha value is -0.395. The first kappa shape index (κ1) is 6.60. The Kier molecular flexibility index (Phi) is 1.94. The van der Waals surface area contributed by atoms with Crippen molar-refractivity contribution in [2.75, 3.05) is 0 Å². The highest BCUT2D eigenvalue weighted by atomic mass is 16.5. The Morgan fingerprint density at radius 2 is 2.14 bits per heavy atom. The van der Waals surface area contributed by atoms with E-state index in [0.29, 0.717) is 0 Å². The quantitative estimate of drug-likeness (QED) is 0.368. The molecule has 38 valence electrons. The number of ether oxygens (including phenoxy) is 1. The van der Waals surface area contributed by atoms with Crippen LogP contribution in [0.5, 0.6) is 0 Å². The van der Waals surface area contributed by atoms with Gasteiger partial charge in [-0.25, -0.2) is 0 Å². The van der Waals surface area contributed by atoms with Gasteiger partial charge in [-0.2, -0.15) is 0 Å². The number of rotatable bonds is 2. The van der Waals surface area contributed by atoms with Crippen LogP contribution in [-0.2, 0) is 4.74 Å². The summed E-state index contributed by atoms with van der Waals surface area (Å²) in [5.74, 6) is 0. The molecular weight excluding hydrogens is 86.9 g/mol. The van der Waals surface area contributed by atoms with Gasteiger partial charge >= 0.3 is 0 Å². The summed E-state index contributed by atoms with van der Waals surface area (Å²) in [6, 6.07) is 0. The normalized spacial score (nSPS) is 10.6. The van der Waals surface area contributed by atoms with Crippen molar-refractivity contribution in [2.24, 2.45) is 0 Å². The average molecular weight is 95.9 g/mol. The molecule has 0 spiro atoms. The third-order valence-electron chi connectivity index (χ3n) is 0.387. The van der Waals surface area contributed by atoms with Gasteiger partial charge in [-0.15, -0.1) is 0 Å². The minimum atomic E-state index is -0.568. The van der Waals surface area contributed by atoms with Crippen LogP contribution >= 0.6 is 0 Å². The van der Waals surface area contributed by atoms with Crippen molar-refractivity contribution in [3.63, 3.8) is 0 Å². The van der Waals surface area contributed by atoms with Crippen molar-refractivity contribution in [1.29, 1.82) is 0 Å². The SMILES string of the molecule is [B]C(C)(C)OC=C. The minimum Gasteiger partial charge on any atom is -0.506 e.